The summed E-state index contributed by atoms with van der Waals surface area (Å²) in [5.74, 6) is -1.31. The summed E-state index contributed by atoms with van der Waals surface area (Å²) in [5, 5.41) is 4.94. The van der Waals surface area contributed by atoms with Gasteiger partial charge in [-0.2, -0.15) is 0 Å². The van der Waals surface area contributed by atoms with Gasteiger partial charge in [-0.3, -0.25) is 4.79 Å². The van der Waals surface area contributed by atoms with Gasteiger partial charge in [0.1, 0.15) is 25.9 Å². The maximum absolute atomic E-state index is 13.5. The molecule has 2 unspecified atom stereocenters. The van der Waals surface area contributed by atoms with Crippen LogP contribution in [-0.2, 0) is 4.79 Å². The fourth-order valence-corrected chi connectivity index (χ4v) is 1.59. The maximum Gasteiger partial charge on any atom is 0.250 e. The van der Waals surface area contributed by atoms with E-state index in [-0.39, 0.29) is 11.2 Å². The lowest BCUT2D eigenvalue weighted by Crippen LogP contribution is -2.45. The summed E-state index contributed by atoms with van der Waals surface area (Å²) in [6, 6.07) is 1.86. The molecule has 3 nitrogen and oxygen atoms in total. The van der Waals surface area contributed by atoms with E-state index >= 15 is 0 Å². The summed E-state index contributed by atoms with van der Waals surface area (Å²) in [7, 11) is 5.36. The van der Waals surface area contributed by atoms with Crippen LogP contribution in [0.4, 0.5) is 20.2 Å². The van der Waals surface area contributed by atoms with Crippen molar-refractivity contribution < 1.29 is 13.6 Å². The van der Waals surface area contributed by atoms with Gasteiger partial charge in [-0.15, -0.1) is 0 Å². The molecule has 2 atom stereocenters. The minimum atomic E-state index is -1.37. The van der Waals surface area contributed by atoms with E-state index in [1.807, 2.05) is 0 Å². The lowest BCUT2D eigenvalue weighted by atomic mass is 9.93. The van der Waals surface area contributed by atoms with Gasteiger partial charge in [-0.25, -0.2) is 8.78 Å². The Balaban J connectivity index is 2.42. The van der Waals surface area contributed by atoms with Crippen molar-refractivity contribution in [2.75, 3.05) is 10.6 Å². The first-order chi connectivity index (χ1) is 7.50. The molecule has 82 valence electrons. The Kier molecular flexibility index (Phi) is 2.57. The Morgan fingerprint density at radius 2 is 2.19 bits per heavy atom. The standard InChI is InChI=1S/C10H9BF2N2O/c1-4(12)8-10(16)15-9-6(14-8)3-2-5(11)7(9)13/h2-4,8,14H,1H3,(H,15,16). The number of rotatable bonds is 1. The average molecular weight is 222 g/mol. The molecule has 1 aromatic rings. The molecule has 0 fully saturated rings. The normalized spacial score (nSPS) is 20.7. The predicted molar refractivity (Wildman–Crippen MR) is 58.4 cm³/mol. The number of hydrogen-bond donors (Lipinski definition) is 2. The molecule has 6 heteroatoms. The molecule has 2 N–H and O–H groups in total. The van der Waals surface area contributed by atoms with E-state index in [2.05, 4.69) is 10.6 Å². The third-order valence-electron chi connectivity index (χ3n) is 2.47. The quantitative estimate of drug-likeness (QED) is 0.687. The van der Waals surface area contributed by atoms with Gasteiger partial charge in [0.05, 0.1) is 11.4 Å². The molecular weight excluding hydrogens is 213 g/mol. The van der Waals surface area contributed by atoms with Crippen LogP contribution >= 0.6 is 0 Å². The van der Waals surface area contributed by atoms with Crippen molar-refractivity contribution in [3.05, 3.63) is 17.9 Å². The number of carbonyl (C=O) groups excluding carboxylic acids is 1. The van der Waals surface area contributed by atoms with Crippen molar-refractivity contribution in [1.82, 2.24) is 0 Å². The van der Waals surface area contributed by atoms with E-state index in [1.54, 1.807) is 0 Å². The van der Waals surface area contributed by atoms with Crippen LogP contribution in [0.25, 0.3) is 0 Å². The van der Waals surface area contributed by atoms with E-state index in [4.69, 9.17) is 7.85 Å². The minimum Gasteiger partial charge on any atom is -0.370 e. The first-order valence-corrected chi connectivity index (χ1v) is 4.80. The fourth-order valence-electron chi connectivity index (χ4n) is 1.59. The highest BCUT2D eigenvalue weighted by atomic mass is 19.1. The van der Waals surface area contributed by atoms with Crippen molar-refractivity contribution in [2.45, 2.75) is 19.1 Å². The van der Waals surface area contributed by atoms with Gasteiger partial charge >= 0.3 is 0 Å². The van der Waals surface area contributed by atoms with Crippen molar-refractivity contribution in [1.29, 1.82) is 0 Å². The van der Waals surface area contributed by atoms with Crippen molar-refractivity contribution >= 4 is 30.6 Å². The van der Waals surface area contributed by atoms with Crippen LogP contribution in [0.5, 0.6) is 0 Å². The Labute approximate surface area is 92.6 Å². The van der Waals surface area contributed by atoms with Gasteiger partial charge in [0, 0.05) is 0 Å². The number of hydrogen-bond acceptors (Lipinski definition) is 2. The van der Waals surface area contributed by atoms with Gasteiger partial charge in [0.15, 0.2) is 0 Å². The second-order valence-corrected chi connectivity index (χ2v) is 3.68. The Morgan fingerprint density at radius 3 is 2.81 bits per heavy atom. The second kappa shape index (κ2) is 3.77. The average Bonchev–Trinajstić information content (AvgIpc) is 2.23. The van der Waals surface area contributed by atoms with Crippen molar-refractivity contribution in [3.8, 4) is 0 Å². The number of alkyl halides is 1. The SMILES string of the molecule is [B]c1ccc2c(c1F)NC(=O)C(C(C)F)N2. The number of halogens is 2. The highest BCUT2D eigenvalue weighted by molar-refractivity contribution is 6.33. The Morgan fingerprint density at radius 1 is 1.50 bits per heavy atom. The molecule has 0 saturated carbocycles. The highest BCUT2D eigenvalue weighted by Crippen LogP contribution is 2.29. The smallest absolute Gasteiger partial charge is 0.250 e. The Hall–Kier alpha value is -1.59. The summed E-state index contributed by atoms with van der Waals surface area (Å²) in [4.78, 5) is 11.4. The number of benzene rings is 1. The van der Waals surface area contributed by atoms with E-state index in [0.717, 1.165) is 0 Å². The first-order valence-electron chi connectivity index (χ1n) is 4.80. The van der Waals surface area contributed by atoms with Crippen LogP contribution in [0.3, 0.4) is 0 Å². The first kappa shape index (κ1) is 10.9. The zero-order valence-corrected chi connectivity index (χ0v) is 8.55. The van der Waals surface area contributed by atoms with E-state index in [0.29, 0.717) is 5.69 Å². The zero-order chi connectivity index (χ0) is 11.9. The molecule has 0 saturated heterocycles. The van der Waals surface area contributed by atoms with Crippen LogP contribution < -0.4 is 16.1 Å². The number of amides is 1. The van der Waals surface area contributed by atoms with Crippen LogP contribution in [0.2, 0.25) is 0 Å². The predicted octanol–water partition coefficient (Wildman–Crippen LogP) is 0.710. The second-order valence-electron chi connectivity index (χ2n) is 3.68. The fraction of sp³-hybridized carbons (Fsp3) is 0.300. The maximum atomic E-state index is 13.5. The molecule has 2 radical (unpaired) electrons. The molecule has 1 heterocycles. The number of anilines is 2. The summed E-state index contributed by atoms with van der Waals surface area (Å²) in [6.07, 6.45) is -1.37. The molecular formula is C10H9BF2N2O. The van der Waals surface area contributed by atoms with Crippen LogP contribution in [-0.4, -0.2) is 26.0 Å². The number of nitrogens with one attached hydrogen (secondary N) is 2. The summed E-state index contributed by atoms with van der Waals surface area (Å²) in [6.45, 7) is 1.26. The summed E-state index contributed by atoms with van der Waals surface area (Å²) < 4.78 is 26.6. The van der Waals surface area contributed by atoms with Crippen LogP contribution in [0.15, 0.2) is 12.1 Å². The van der Waals surface area contributed by atoms with E-state index in [1.165, 1.54) is 19.1 Å². The topological polar surface area (TPSA) is 41.1 Å². The van der Waals surface area contributed by atoms with Gasteiger partial charge in [0.2, 0.25) is 5.91 Å². The van der Waals surface area contributed by atoms with Gasteiger partial charge < -0.3 is 10.6 Å². The lowest BCUT2D eigenvalue weighted by molar-refractivity contribution is -0.118. The lowest BCUT2D eigenvalue weighted by Gasteiger charge is -2.28. The Bertz CT molecular complexity index is 451. The van der Waals surface area contributed by atoms with Gasteiger partial charge in [-0.05, 0) is 13.0 Å². The van der Waals surface area contributed by atoms with Crippen molar-refractivity contribution in [2.24, 2.45) is 0 Å². The monoisotopic (exact) mass is 222 g/mol. The molecule has 1 amide bonds. The van der Waals surface area contributed by atoms with Crippen LogP contribution in [0.1, 0.15) is 6.92 Å². The molecule has 16 heavy (non-hydrogen) atoms. The molecule has 0 spiro atoms. The molecule has 1 aliphatic rings. The largest absolute Gasteiger partial charge is 0.370 e. The van der Waals surface area contributed by atoms with Gasteiger partial charge in [0.25, 0.3) is 0 Å². The molecule has 1 aromatic carbocycles. The third kappa shape index (κ3) is 1.64. The highest BCUT2D eigenvalue weighted by Gasteiger charge is 2.31. The van der Waals surface area contributed by atoms with E-state index < -0.39 is 23.9 Å². The van der Waals surface area contributed by atoms with Gasteiger partial charge in [-0.1, -0.05) is 11.5 Å². The van der Waals surface area contributed by atoms with Crippen LogP contribution in [0, 0.1) is 5.82 Å². The van der Waals surface area contributed by atoms with Crippen molar-refractivity contribution in [3.63, 3.8) is 0 Å². The van der Waals surface area contributed by atoms with E-state index in [9.17, 15) is 13.6 Å². The summed E-state index contributed by atoms with van der Waals surface area (Å²) in [5.41, 5.74) is 0.246. The minimum absolute atomic E-state index is 0.0260. The molecule has 0 bridgehead atoms. The number of carbonyl (C=O) groups is 1. The summed E-state index contributed by atoms with van der Waals surface area (Å²) >= 11 is 0. The number of fused-ring (bicyclic) bond motifs is 1. The molecule has 2 rings (SSSR count). The zero-order valence-electron chi connectivity index (χ0n) is 8.55. The molecule has 0 aliphatic carbocycles. The molecule has 1 aliphatic heterocycles. The molecule has 0 aromatic heterocycles. The third-order valence-corrected chi connectivity index (χ3v) is 2.47.